The van der Waals surface area contributed by atoms with Gasteiger partial charge in [-0.1, -0.05) is 23.4 Å². The first-order valence-corrected chi connectivity index (χ1v) is 5.98. The molecule has 0 aliphatic heterocycles. The molecule has 0 atom stereocenters. The molecular weight excluding hydrogens is 246 g/mol. The second kappa shape index (κ2) is 7.25. The van der Waals surface area contributed by atoms with Crippen molar-refractivity contribution >= 4 is 11.7 Å². The molecule has 0 heterocycles. The molecule has 0 aliphatic rings. The number of para-hydroxylation sites is 1. The highest BCUT2D eigenvalue weighted by atomic mass is 16.5. The van der Waals surface area contributed by atoms with E-state index in [9.17, 15) is 4.79 Å². The number of amidine groups is 1. The van der Waals surface area contributed by atoms with Crippen LogP contribution in [0.3, 0.4) is 0 Å². The Kier molecular flexibility index (Phi) is 5.66. The average molecular weight is 265 g/mol. The third kappa shape index (κ3) is 4.87. The molecule has 0 spiro atoms. The normalized spacial score (nSPS) is 11.4. The third-order valence-electron chi connectivity index (χ3n) is 2.51. The van der Waals surface area contributed by atoms with Crippen molar-refractivity contribution < 1.29 is 14.7 Å². The number of rotatable bonds is 6. The highest BCUT2D eigenvalue weighted by Crippen LogP contribution is 2.09. The molecular formula is C13H19N3O3. The standard InChI is InChI=1S/C13H19N3O3/c1-10(2)16(8-12(14)15-18)13(17)9-19-11-6-4-3-5-7-11/h3-7,10,18H,8-9H2,1-2H3,(H2,14,15). The van der Waals surface area contributed by atoms with Crippen molar-refractivity contribution in [2.45, 2.75) is 19.9 Å². The smallest absolute Gasteiger partial charge is 0.261 e. The Labute approximate surface area is 112 Å². The fourth-order valence-corrected chi connectivity index (χ4v) is 1.51. The van der Waals surface area contributed by atoms with E-state index in [1.165, 1.54) is 4.90 Å². The van der Waals surface area contributed by atoms with Crippen LogP contribution in [0, 0.1) is 0 Å². The van der Waals surface area contributed by atoms with Gasteiger partial charge >= 0.3 is 0 Å². The molecule has 0 aliphatic carbocycles. The molecule has 1 aromatic carbocycles. The number of benzene rings is 1. The van der Waals surface area contributed by atoms with E-state index in [1.54, 1.807) is 12.1 Å². The molecule has 6 heteroatoms. The summed E-state index contributed by atoms with van der Waals surface area (Å²) >= 11 is 0. The second-order valence-electron chi connectivity index (χ2n) is 4.31. The zero-order valence-corrected chi connectivity index (χ0v) is 11.1. The summed E-state index contributed by atoms with van der Waals surface area (Å²) in [5.74, 6) is 0.399. The summed E-state index contributed by atoms with van der Waals surface area (Å²) in [5.41, 5.74) is 5.42. The lowest BCUT2D eigenvalue weighted by molar-refractivity contribution is -0.134. The first-order valence-electron chi connectivity index (χ1n) is 5.98. The van der Waals surface area contributed by atoms with Crippen LogP contribution in [0.2, 0.25) is 0 Å². The number of hydrogen-bond donors (Lipinski definition) is 2. The number of amides is 1. The molecule has 0 saturated heterocycles. The lowest BCUT2D eigenvalue weighted by Gasteiger charge is -2.26. The summed E-state index contributed by atoms with van der Waals surface area (Å²) in [6, 6.07) is 9.01. The van der Waals surface area contributed by atoms with Crippen molar-refractivity contribution in [3.05, 3.63) is 30.3 Å². The zero-order chi connectivity index (χ0) is 14.3. The topological polar surface area (TPSA) is 88.1 Å². The van der Waals surface area contributed by atoms with Gasteiger partial charge in [-0.05, 0) is 26.0 Å². The van der Waals surface area contributed by atoms with Gasteiger partial charge in [0.05, 0.1) is 6.54 Å². The van der Waals surface area contributed by atoms with E-state index in [0.29, 0.717) is 5.75 Å². The number of carbonyl (C=O) groups is 1. The highest BCUT2D eigenvalue weighted by Gasteiger charge is 2.18. The van der Waals surface area contributed by atoms with Gasteiger partial charge in [0.2, 0.25) is 0 Å². The molecule has 0 aromatic heterocycles. The van der Waals surface area contributed by atoms with E-state index in [2.05, 4.69) is 5.16 Å². The van der Waals surface area contributed by atoms with Crippen LogP contribution in [0.1, 0.15) is 13.8 Å². The summed E-state index contributed by atoms with van der Waals surface area (Å²) in [5, 5.41) is 11.4. The molecule has 0 unspecified atom stereocenters. The first kappa shape index (κ1) is 14.8. The van der Waals surface area contributed by atoms with Crippen LogP contribution in [0.4, 0.5) is 0 Å². The molecule has 1 amide bonds. The van der Waals surface area contributed by atoms with E-state index in [4.69, 9.17) is 15.7 Å². The fraction of sp³-hybridized carbons (Fsp3) is 0.385. The van der Waals surface area contributed by atoms with Crippen molar-refractivity contribution in [2.24, 2.45) is 10.9 Å². The zero-order valence-electron chi connectivity index (χ0n) is 11.1. The second-order valence-corrected chi connectivity index (χ2v) is 4.31. The summed E-state index contributed by atoms with van der Waals surface area (Å²) in [6.07, 6.45) is 0. The first-order chi connectivity index (χ1) is 9.04. The minimum atomic E-state index is -0.217. The summed E-state index contributed by atoms with van der Waals surface area (Å²) < 4.78 is 5.38. The van der Waals surface area contributed by atoms with Gasteiger partial charge in [-0.25, -0.2) is 0 Å². The Morgan fingerprint density at radius 1 is 1.42 bits per heavy atom. The summed E-state index contributed by atoms with van der Waals surface area (Å²) in [4.78, 5) is 13.5. The largest absolute Gasteiger partial charge is 0.484 e. The molecule has 1 rings (SSSR count). The molecule has 0 radical (unpaired) electrons. The van der Waals surface area contributed by atoms with E-state index < -0.39 is 0 Å². The van der Waals surface area contributed by atoms with Crippen LogP contribution in [0.15, 0.2) is 35.5 Å². The number of carbonyl (C=O) groups excluding carboxylic acids is 1. The molecule has 6 nitrogen and oxygen atoms in total. The van der Waals surface area contributed by atoms with Gasteiger partial charge in [0, 0.05) is 6.04 Å². The minimum Gasteiger partial charge on any atom is -0.484 e. The Balaban J connectivity index is 2.58. The van der Waals surface area contributed by atoms with Gasteiger partial charge in [0.1, 0.15) is 5.75 Å². The van der Waals surface area contributed by atoms with Gasteiger partial charge in [-0.3, -0.25) is 4.79 Å². The van der Waals surface area contributed by atoms with Crippen molar-refractivity contribution in [3.8, 4) is 5.75 Å². The lowest BCUT2D eigenvalue weighted by Crippen LogP contribution is -2.45. The molecule has 1 aromatic rings. The monoisotopic (exact) mass is 265 g/mol. The quantitative estimate of drug-likeness (QED) is 0.348. The minimum absolute atomic E-state index is 0.0123. The van der Waals surface area contributed by atoms with Crippen LogP contribution in [-0.2, 0) is 4.79 Å². The molecule has 0 fully saturated rings. The van der Waals surface area contributed by atoms with Gasteiger partial charge in [-0.2, -0.15) is 0 Å². The van der Waals surface area contributed by atoms with Gasteiger partial charge < -0.3 is 20.6 Å². The maximum atomic E-state index is 12.0. The lowest BCUT2D eigenvalue weighted by atomic mass is 10.3. The van der Waals surface area contributed by atoms with Gasteiger partial charge in [0.25, 0.3) is 5.91 Å². The molecule has 104 valence electrons. The molecule has 0 bridgehead atoms. The van der Waals surface area contributed by atoms with Crippen molar-refractivity contribution in [3.63, 3.8) is 0 Å². The number of ether oxygens (including phenoxy) is 1. The van der Waals surface area contributed by atoms with Gasteiger partial charge in [-0.15, -0.1) is 0 Å². The highest BCUT2D eigenvalue weighted by molar-refractivity contribution is 5.87. The molecule has 19 heavy (non-hydrogen) atoms. The summed E-state index contributed by atoms with van der Waals surface area (Å²) in [7, 11) is 0. The van der Waals surface area contributed by atoms with Crippen LogP contribution >= 0.6 is 0 Å². The molecule has 3 N–H and O–H groups in total. The van der Waals surface area contributed by atoms with Crippen molar-refractivity contribution in [1.82, 2.24) is 4.90 Å². The average Bonchev–Trinajstić information content (AvgIpc) is 2.42. The van der Waals surface area contributed by atoms with Crippen LogP contribution in [0.25, 0.3) is 0 Å². The Morgan fingerprint density at radius 3 is 2.58 bits per heavy atom. The van der Waals surface area contributed by atoms with Crippen LogP contribution in [-0.4, -0.2) is 41.0 Å². The number of nitrogens with two attached hydrogens (primary N) is 1. The molecule has 0 saturated carbocycles. The van der Waals surface area contributed by atoms with E-state index in [-0.39, 0.29) is 30.9 Å². The maximum Gasteiger partial charge on any atom is 0.261 e. The van der Waals surface area contributed by atoms with Crippen molar-refractivity contribution in [1.29, 1.82) is 0 Å². The van der Waals surface area contributed by atoms with Crippen LogP contribution in [0.5, 0.6) is 5.75 Å². The van der Waals surface area contributed by atoms with Crippen molar-refractivity contribution in [2.75, 3.05) is 13.2 Å². The summed E-state index contributed by atoms with van der Waals surface area (Å²) in [6.45, 7) is 3.70. The number of nitrogens with zero attached hydrogens (tertiary/aromatic N) is 2. The predicted octanol–water partition coefficient (Wildman–Crippen LogP) is 1.05. The predicted molar refractivity (Wildman–Crippen MR) is 72.2 cm³/mol. The number of oxime groups is 1. The Morgan fingerprint density at radius 2 is 2.05 bits per heavy atom. The maximum absolute atomic E-state index is 12.0. The van der Waals surface area contributed by atoms with E-state index >= 15 is 0 Å². The Hall–Kier alpha value is -2.24. The van der Waals surface area contributed by atoms with Crippen LogP contribution < -0.4 is 10.5 Å². The fourth-order valence-electron chi connectivity index (χ4n) is 1.51. The Bertz CT molecular complexity index is 432. The number of hydrogen-bond acceptors (Lipinski definition) is 4. The SMILES string of the molecule is CC(C)N(CC(N)=NO)C(=O)COc1ccccc1. The van der Waals surface area contributed by atoms with E-state index in [0.717, 1.165) is 0 Å². The third-order valence-corrected chi connectivity index (χ3v) is 2.51. The van der Waals surface area contributed by atoms with E-state index in [1.807, 2.05) is 32.0 Å². The van der Waals surface area contributed by atoms with Gasteiger partial charge in [0.15, 0.2) is 12.4 Å².